The Balaban J connectivity index is 1.92. The molecule has 1 aliphatic heterocycles. The van der Waals surface area contributed by atoms with Crippen molar-refractivity contribution in [3.63, 3.8) is 0 Å². The Labute approximate surface area is 111 Å². The van der Waals surface area contributed by atoms with E-state index in [1.165, 1.54) is 17.0 Å². The van der Waals surface area contributed by atoms with E-state index in [2.05, 4.69) is 21.2 Å². The first-order valence-electron chi connectivity index (χ1n) is 5.21. The summed E-state index contributed by atoms with van der Waals surface area (Å²) >= 11 is 3.01. The number of halogens is 2. The third-order valence-electron chi connectivity index (χ3n) is 2.69. The molecule has 0 aromatic heterocycles. The topological polar surface area (TPSA) is 69.6 Å². The van der Waals surface area contributed by atoms with Gasteiger partial charge in [-0.05, 0) is 34.1 Å². The second-order valence-corrected chi connectivity index (χ2v) is 4.85. The molecule has 18 heavy (non-hydrogen) atoms. The van der Waals surface area contributed by atoms with Crippen molar-refractivity contribution in [3.05, 3.63) is 28.5 Å². The summed E-state index contributed by atoms with van der Waals surface area (Å²) in [4.78, 5) is 23.6. The Morgan fingerprint density at radius 3 is 2.67 bits per heavy atom. The van der Waals surface area contributed by atoms with Crippen molar-refractivity contribution in [2.45, 2.75) is 0 Å². The molecule has 0 bridgehead atoms. The van der Waals surface area contributed by atoms with Crippen LogP contribution in [0.15, 0.2) is 22.7 Å². The number of benzene rings is 1. The van der Waals surface area contributed by atoms with Crippen LogP contribution in [0.3, 0.4) is 0 Å². The van der Waals surface area contributed by atoms with E-state index in [0.717, 1.165) is 0 Å². The number of carboxylic acids is 1. The number of rotatable bonds is 2. The zero-order chi connectivity index (χ0) is 13.3. The molecule has 7 heteroatoms. The molecule has 0 radical (unpaired) electrons. The van der Waals surface area contributed by atoms with Crippen LogP contribution in [0.25, 0.3) is 0 Å². The maximum absolute atomic E-state index is 13.2. The number of nitrogens with one attached hydrogen (secondary N) is 1. The third kappa shape index (κ3) is 2.61. The van der Waals surface area contributed by atoms with Crippen molar-refractivity contribution in [2.24, 2.45) is 5.92 Å². The number of aliphatic carboxylic acids is 1. The monoisotopic (exact) mass is 316 g/mol. The van der Waals surface area contributed by atoms with Gasteiger partial charge in [0.25, 0.3) is 0 Å². The molecule has 2 amide bonds. The van der Waals surface area contributed by atoms with Crippen LogP contribution in [0.1, 0.15) is 0 Å². The summed E-state index contributed by atoms with van der Waals surface area (Å²) in [5.74, 6) is -1.88. The first-order valence-corrected chi connectivity index (χ1v) is 6.00. The van der Waals surface area contributed by atoms with E-state index in [9.17, 15) is 14.0 Å². The molecule has 2 N–H and O–H groups in total. The zero-order valence-corrected chi connectivity index (χ0v) is 10.8. The third-order valence-corrected chi connectivity index (χ3v) is 3.33. The van der Waals surface area contributed by atoms with Crippen LogP contribution in [0.2, 0.25) is 0 Å². The molecule has 1 saturated heterocycles. The SMILES string of the molecule is O=C(O)C1CN(C(=O)Nc2ccc(Br)c(F)c2)C1. The predicted molar refractivity (Wildman–Crippen MR) is 65.8 cm³/mol. The number of anilines is 1. The summed E-state index contributed by atoms with van der Waals surface area (Å²) in [5, 5.41) is 11.2. The molecule has 1 aliphatic rings. The summed E-state index contributed by atoms with van der Waals surface area (Å²) < 4.78 is 13.5. The molecule has 0 spiro atoms. The fourth-order valence-electron chi connectivity index (χ4n) is 1.58. The van der Waals surface area contributed by atoms with E-state index in [4.69, 9.17) is 5.11 Å². The Kier molecular flexibility index (Phi) is 3.51. The van der Waals surface area contributed by atoms with Crippen LogP contribution in [0.5, 0.6) is 0 Å². The van der Waals surface area contributed by atoms with E-state index in [0.29, 0.717) is 10.2 Å². The molecule has 96 valence electrons. The summed E-state index contributed by atoms with van der Waals surface area (Å²) in [7, 11) is 0. The highest BCUT2D eigenvalue weighted by Crippen LogP contribution is 2.21. The van der Waals surface area contributed by atoms with Crippen LogP contribution in [0.4, 0.5) is 14.9 Å². The van der Waals surface area contributed by atoms with Gasteiger partial charge in [0.15, 0.2) is 0 Å². The van der Waals surface area contributed by atoms with E-state index in [1.54, 1.807) is 6.07 Å². The van der Waals surface area contributed by atoms with E-state index in [-0.39, 0.29) is 13.1 Å². The summed E-state index contributed by atoms with van der Waals surface area (Å²) in [6, 6.07) is 3.81. The van der Waals surface area contributed by atoms with Crippen molar-refractivity contribution < 1.29 is 19.1 Å². The minimum Gasteiger partial charge on any atom is -0.481 e. The molecule has 1 aromatic rings. The highest BCUT2D eigenvalue weighted by Gasteiger charge is 2.35. The first kappa shape index (κ1) is 12.8. The van der Waals surface area contributed by atoms with Crippen molar-refractivity contribution >= 4 is 33.6 Å². The number of carboxylic acid groups (broad SMARTS) is 1. The standard InChI is InChI=1S/C11H10BrFN2O3/c12-8-2-1-7(3-9(8)13)14-11(18)15-4-6(5-15)10(16)17/h1-3,6H,4-5H2,(H,14,18)(H,16,17). The van der Waals surface area contributed by atoms with Crippen LogP contribution >= 0.6 is 15.9 Å². The van der Waals surface area contributed by atoms with Gasteiger partial charge in [0.05, 0.1) is 10.4 Å². The Bertz CT molecular complexity index is 503. The summed E-state index contributed by atoms with van der Waals surface area (Å²) in [6.07, 6.45) is 0. The van der Waals surface area contributed by atoms with Gasteiger partial charge >= 0.3 is 12.0 Å². The van der Waals surface area contributed by atoms with Gasteiger partial charge in [-0.2, -0.15) is 0 Å². The summed E-state index contributed by atoms with van der Waals surface area (Å²) in [6.45, 7) is 0.361. The molecule has 2 rings (SSSR count). The van der Waals surface area contributed by atoms with Gasteiger partial charge in [0.2, 0.25) is 0 Å². The molecular formula is C11H10BrFN2O3. The lowest BCUT2D eigenvalue weighted by atomic mass is 10.0. The molecule has 5 nitrogen and oxygen atoms in total. The average Bonchev–Trinajstić information content (AvgIpc) is 2.20. The molecular weight excluding hydrogens is 307 g/mol. The molecule has 1 fully saturated rings. The number of carbonyl (C=O) groups excluding carboxylic acids is 1. The van der Waals surface area contributed by atoms with E-state index < -0.39 is 23.7 Å². The Hall–Kier alpha value is -1.63. The fourth-order valence-corrected chi connectivity index (χ4v) is 1.82. The zero-order valence-electron chi connectivity index (χ0n) is 9.19. The van der Waals surface area contributed by atoms with Crippen molar-refractivity contribution in [1.82, 2.24) is 4.90 Å². The van der Waals surface area contributed by atoms with Crippen LogP contribution < -0.4 is 5.32 Å². The minimum absolute atomic E-state index is 0.181. The number of hydrogen-bond donors (Lipinski definition) is 2. The Morgan fingerprint density at radius 1 is 1.44 bits per heavy atom. The summed E-state index contributed by atoms with van der Waals surface area (Å²) in [5.41, 5.74) is 0.333. The smallest absolute Gasteiger partial charge is 0.321 e. The predicted octanol–water partition coefficient (Wildman–Crippen LogP) is 2.14. The van der Waals surface area contributed by atoms with Gasteiger partial charge in [-0.1, -0.05) is 0 Å². The number of likely N-dealkylation sites (tertiary alicyclic amines) is 1. The second kappa shape index (κ2) is 4.93. The van der Waals surface area contributed by atoms with Gasteiger partial charge in [-0.15, -0.1) is 0 Å². The normalized spacial score (nSPS) is 15.1. The molecule has 1 aromatic carbocycles. The lowest BCUT2D eigenvalue weighted by molar-refractivity contribution is -0.145. The maximum atomic E-state index is 13.2. The average molecular weight is 317 g/mol. The highest BCUT2D eigenvalue weighted by atomic mass is 79.9. The number of amides is 2. The van der Waals surface area contributed by atoms with Crippen LogP contribution in [-0.4, -0.2) is 35.1 Å². The number of urea groups is 1. The van der Waals surface area contributed by atoms with Gasteiger partial charge in [-0.3, -0.25) is 4.79 Å². The molecule has 0 saturated carbocycles. The fraction of sp³-hybridized carbons (Fsp3) is 0.273. The van der Waals surface area contributed by atoms with E-state index >= 15 is 0 Å². The first-order chi connectivity index (χ1) is 8.47. The van der Waals surface area contributed by atoms with Gasteiger partial charge in [-0.25, -0.2) is 9.18 Å². The van der Waals surface area contributed by atoms with Crippen molar-refractivity contribution in [2.75, 3.05) is 18.4 Å². The van der Waals surface area contributed by atoms with Gasteiger partial charge in [0, 0.05) is 18.8 Å². The van der Waals surface area contributed by atoms with Crippen molar-refractivity contribution in [1.29, 1.82) is 0 Å². The Morgan fingerprint density at radius 2 is 2.11 bits per heavy atom. The van der Waals surface area contributed by atoms with Gasteiger partial charge in [0.1, 0.15) is 5.82 Å². The number of carbonyl (C=O) groups is 2. The van der Waals surface area contributed by atoms with Gasteiger partial charge < -0.3 is 15.3 Å². The van der Waals surface area contributed by atoms with E-state index in [1.807, 2.05) is 0 Å². The number of hydrogen-bond acceptors (Lipinski definition) is 2. The van der Waals surface area contributed by atoms with Crippen molar-refractivity contribution in [3.8, 4) is 0 Å². The molecule has 0 atom stereocenters. The minimum atomic E-state index is -0.909. The lowest BCUT2D eigenvalue weighted by Gasteiger charge is -2.36. The van der Waals surface area contributed by atoms with Crippen LogP contribution in [0, 0.1) is 11.7 Å². The maximum Gasteiger partial charge on any atom is 0.321 e. The lowest BCUT2D eigenvalue weighted by Crippen LogP contribution is -2.54. The largest absolute Gasteiger partial charge is 0.481 e. The quantitative estimate of drug-likeness (QED) is 0.878. The molecule has 1 heterocycles. The highest BCUT2D eigenvalue weighted by molar-refractivity contribution is 9.10. The number of nitrogens with zero attached hydrogens (tertiary/aromatic N) is 1. The van der Waals surface area contributed by atoms with Crippen LogP contribution in [-0.2, 0) is 4.79 Å². The second-order valence-electron chi connectivity index (χ2n) is 4.00. The molecule has 0 unspecified atom stereocenters. The molecule has 0 aliphatic carbocycles.